The number of amides is 2. The average Bonchev–Trinajstić information content (AvgIpc) is 2.88. The Balaban J connectivity index is 2.04. The van der Waals surface area contributed by atoms with Gasteiger partial charge >= 0.3 is 12.0 Å². The van der Waals surface area contributed by atoms with E-state index < -0.39 is 23.6 Å². The molecule has 2 rings (SSSR count). The molecule has 1 saturated heterocycles. The first-order chi connectivity index (χ1) is 9.09. The van der Waals surface area contributed by atoms with E-state index in [9.17, 15) is 19.8 Å². The molecular formula is C12H20N2O5. The van der Waals surface area contributed by atoms with Crippen LogP contribution in [0.2, 0.25) is 0 Å². The molecule has 1 aliphatic carbocycles. The molecule has 1 atom stereocenters. The number of hydrogen-bond donors (Lipinski definition) is 3. The number of carbonyl (C=O) groups excluding carboxylic acids is 1. The van der Waals surface area contributed by atoms with Gasteiger partial charge in [-0.25, -0.2) is 9.59 Å². The van der Waals surface area contributed by atoms with E-state index in [0.717, 1.165) is 12.8 Å². The third kappa shape index (κ3) is 2.82. The van der Waals surface area contributed by atoms with Crippen LogP contribution in [-0.2, 0) is 9.53 Å². The van der Waals surface area contributed by atoms with Crippen molar-refractivity contribution in [2.24, 2.45) is 0 Å². The largest absolute Gasteiger partial charge is 0.480 e. The summed E-state index contributed by atoms with van der Waals surface area (Å²) in [5.74, 6) is -0.979. The highest BCUT2D eigenvalue weighted by molar-refractivity contribution is 5.86. The fraction of sp³-hybridized carbons (Fsp3) is 0.833. The van der Waals surface area contributed by atoms with Crippen molar-refractivity contribution in [2.75, 3.05) is 26.4 Å². The second kappa shape index (κ2) is 5.75. The minimum Gasteiger partial charge on any atom is -0.480 e. The van der Waals surface area contributed by atoms with Crippen LogP contribution in [0, 0.1) is 0 Å². The Bertz CT molecular complexity index is 354. The lowest BCUT2D eigenvalue weighted by Crippen LogP contribution is -2.60. The number of carbonyl (C=O) groups is 2. The van der Waals surface area contributed by atoms with Crippen molar-refractivity contribution in [2.45, 2.75) is 37.3 Å². The molecule has 108 valence electrons. The maximum atomic E-state index is 12.2. The lowest BCUT2D eigenvalue weighted by molar-refractivity contribution is -0.144. The van der Waals surface area contributed by atoms with Crippen LogP contribution in [0.15, 0.2) is 0 Å². The van der Waals surface area contributed by atoms with E-state index in [1.807, 2.05) is 0 Å². The predicted molar refractivity (Wildman–Crippen MR) is 65.8 cm³/mol. The SMILES string of the molecule is O=C(NC1(C(=O)O)CCCC1)N1CCOCC1CO. The molecule has 0 radical (unpaired) electrons. The van der Waals surface area contributed by atoms with Crippen LogP contribution in [0.3, 0.4) is 0 Å². The van der Waals surface area contributed by atoms with Crippen LogP contribution < -0.4 is 5.32 Å². The molecule has 1 aliphatic heterocycles. The molecule has 2 aliphatic rings. The summed E-state index contributed by atoms with van der Waals surface area (Å²) >= 11 is 0. The highest BCUT2D eigenvalue weighted by atomic mass is 16.5. The number of carboxylic acid groups (broad SMARTS) is 1. The molecule has 0 aromatic carbocycles. The lowest BCUT2D eigenvalue weighted by atomic mass is 9.98. The van der Waals surface area contributed by atoms with Crippen LogP contribution in [0.1, 0.15) is 25.7 Å². The van der Waals surface area contributed by atoms with Gasteiger partial charge in [-0.1, -0.05) is 12.8 Å². The van der Waals surface area contributed by atoms with E-state index in [4.69, 9.17) is 4.74 Å². The van der Waals surface area contributed by atoms with Crippen molar-refractivity contribution in [3.8, 4) is 0 Å². The zero-order valence-corrected chi connectivity index (χ0v) is 10.8. The van der Waals surface area contributed by atoms with Crippen molar-refractivity contribution < 1.29 is 24.5 Å². The number of nitrogens with one attached hydrogen (secondary N) is 1. The van der Waals surface area contributed by atoms with Crippen molar-refractivity contribution in [3.63, 3.8) is 0 Å². The van der Waals surface area contributed by atoms with E-state index in [-0.39, 0.29) is 13.2 Å². The summed E-state index contributed by atoms with van der Waals surface area (Å²) in [5, 5.41) is 21.2. The van der Waals surface area contributed by atoms with Crippen molar-refractivity contribution in [3.05, 3.63) is 0 Å². The number of ether oxygens (including phenoxy) is 1. The molecule has 2 fully saturated rings. The third-order valence-corrected chi connectivity index (χ3v) is 3.91. The molecule has 19 heavy (non-hydrogen) atoms. The van der Waals surface area contributed by atoms with Gasteiger partial charge in [0.05, 0.1) is 25.9 Å². The van der Waals surface area contributed by atoms with E-state index in [0.29, 0.717) is 26.0 Å². The Labute approximate surface area is 111 Å². The number of urea groups is 1. The number of carboxylic acids is 1. The van der Waals surface area contributed by atoms with Gasteiger partial charge in [-0.05, 0) is 12.8 Å². The van der Waals surface area contributed by atoms with Gasteiger partial charge in [-0.3, -0.25) is 0 Å². The Hall–Kier alpha value is -1.34. The van der Waals surface area contributed by atoms with E-state index in [2.05, 4.69) is 5.32 Å². The smallest absolute Gasteiger partial charge is 0.329 e. The first-order valence-electron chi connectivity index (χ1n) is 6.60. The Morgan fingerprint density at radius 1 is 1.37 bits per heavy atom. The summed E-state index contributed by atoms with van der Waals surface area (Å²) in [6.07, 6.45) is 2.53. The summed E-state index contributed by atoms with van der Waals surface area (Å²) < 4.78 is 5.20. The molecular weight excluding hydrogens is 252 g/mol. The van der Waals surface area contributed by atoms with Gasteiger partial charge in [0.1, 0.15) is 5.54 Å². The number of aliphatic hydroxyl groups excluding tert-OH is 1. The maximum absolute atomic E-state index is 12.2. The Morgan fingerprint density at radius 3 is 2.63 bits per heavy atom. The quantitative estimate of drug-likeness (QED) is 0.660. The molecule has 0 bridgehead atoms. The van der Waals surface area contributed by atoms with Gasteiger partial charge in [0.25, 0.3) is 0 Å². The van der Waals surface area contributed by atoms with Gasteiger partial charge in [0, 0.05) is 6.54 Å². The summed E-state index contributed by atoms with van der Waals surface area (Å²) in [6.45, 7) is 0.869. The normalized spacial score (nSPS) is 26.2. The highest BCUT2D eigenvalue weighted by Crippen LogP contribution is 2.30. The summed E-state index contributed by atoms with van der Waals surface area (Å²) in [5.41, 5.74) is -1.14. The number of hydrogen-bond acceptors (Lipinski definition) is 4. The molecule has 0 aromatic rings. The van der Waals surface area contributed by atoms with Crippen LogP contribution in [0.4, 0.5) is 4.79 Å². The molecule has 7 heteroatoms. The van der Waals surface area contributed by atoms with Crippen LogP contribution >= 0.6 is 0 Å². The third-order valence-electron chi connectivity index (χ3n) is 3.91. The molecule has 0 aromatic heterocycles. The zero-order chi connectivity index (χ0) is 13.9. The zero-order valence-electron chi connectivity index (χ0n) is 10.8. The molecule has 7 nitrogen and oxygen atoms in total. The van der Waals surface area contributed by atoms with Crippen molar-refractivity contribution >= 4 is 12.0 Å². The number of rotatable bonds is 3. The second-order valence-corrected chi connectivity index (χ2v) is 5.13. The molecule has 0 spiro atoms. The predicted octanol–water partition coefficient (Wildman–Crippen LogP) is -0.213. The standard InChI is InChI=1S/C12H20N2O5/c15-7-9-8-19-6-5-14(9)11(18)13-12(10(16)17)3-1-2-4-12/h9,15H,1-8H2,(H,13,18)(H,16,17). The fourth-order valence-electron chi connectivity index (χ4n) is 2.72. The molecule has 1 saturated carbocycles. The summed E-state index contributed by atoms with van der Waals surface area (Å²) in [4.78, 5) is 25.1. The summed E-state index contributed by atoms with van der Waals surface area (Å²) in [6, 6.07) is -0.826. The lowest BCUT2D eigenvalue weighted by Gasteiger charge is -2.37. The van der Waals surface area contributed by atoms with Gasteiger partial charge in [0.15, 0.2) is 0 Å². The highest BCUT2D eigenvalue weighted by Gasteiger charge is 2.44. The molecule has 1 unspecified atom stereocenters. The van der Waals surface area contributed by atoms with Gasteiger partial charge in [-0.15, -0.1) is 0 Å². The van der Waals surface area contributed by atoms with Gasteiger partial charge < -0.3 is 25.2 Å². The van der Waals surface area contributed by atoms with E-state index in [1.54, 1.807) is 0 Å². The fourth-order valence-corrected chi connectivity index (χ4v) is 2.72. The van der Waals surface area contributed by atoms with Crippen molar-refractivity contribution in [1.29, 1.82) is 0 Å². The number of aliphatic hydroxyl groups is 1. The monoisotopic (exact) mass is 272 g/mol. The van der Waals surface area contributed by atoms with Crippen LogP contribution in [0.25, 0.3) is 0 Å². The average molecular weight is 272 g/mol. The molecule has 2 amide bonds. The maximum Gasteiger partial charge on any atom is 0.329 e. The number of nitrogens with zero attached hydrogens (tertiary/aromatic N) is 1. The van der Waals surface area contributed by atoms with E-state index >= 15 is 0 Å². The topological polar surface area (TPSA) is 99.1 Å². The van der Waals surface area contributed by atoms with Crippen LogP contribution in [0.5, 0.6) is 0 Å². The summed E-state index contributed by atoms with van der Waals surface area (Å²) in [7, 11) is 0. The number of morpholine rings is 1. The number of aliphatic carboxylic acids is 1. The van der Waals surface area contributed by atoms with Crippen molar-refractivity contribution in [1.82, 2.24) is 10.2 Å². The first-order valence-corrected chi connectivity index (χ1v) is 6.60. The van der Waals surface area contributed by atoms with Crippen LogP contribution in [-0.4, -0.2) is 65.1 Å². The van der Waals surface area contributed by atoms with Gasteiger partial charge in [0.2, 0.25) is 0 Å². The second-order valence-electron chi connectivity index (χ2n) is 5.13. The first kappa shape index (κ1) is 14.1. The minimum absolute atomic E-state index is 0.187. The van der Waals surface area contributed by atoms with Gasteiger partial charge in [-0.2, -0.15) is 0 Å². The minimum atomic E-state index is -1.14. The molecule has 1 heterocycles. The van der Waals surface area contributed by atoms with E-state index in [1.165, 1.54) is 4.90 Å². The molecule has 3 N–H and O–H groups in total. The Kier molecular flexibility index (Phi) is 4.26. The Morgan fingerprint density at radius 2 is 2.05 bits per heavy atom.